The molecular weight excluding hydrogens is 366 g/mol. The van der Waals surface area contributed by atoms with Crippen LogP contribution < -0.4 is 14.8 Å². The maximum absolute atomic E-state index is 12.6. The molecule has 1 aromatic carbocycles. The van der Waals surface area contributed by atoms with E-state index in [0.29, 0.717) is 23.7 Å². The predicted molar refractivity (Wildman–Crippen MR) is 109 cm³/mol. The summed E-state index contributed by atoms with van der Waals surface area (Å²) in [4.78, 5) is 21.2. The van der Waals surface area contributed by atoms with E-state index in [9.17, 15) is 4.79 Å². The molecule has 0 atom stereocenters. The Bertz CT molecular complexity index is 939. The summed E-state index contributed by atoms with van der Waals surface area (Å²) in [5.41, 5.74) is 1.28. The molecule has 1 N–H and O–H groups in total. The highest BCUT2D eigenvalue weighted by atomic mass is 16.5. The van der Waals surface area contributed by atoms with Crippen molar-refractivity contribution in [2.24, 2.45) is 0 Å². The molecule has 1 aliphatic rings. The summed E-state index contributed by atoms with van der Waals surface area (Å²) in [6.45, 7) is 0.356. The van der Waals surface area contributed by atoms with Gasteiger partial charge in [-0.1, -0.05) is 24.3 Å². The number of amides is 1. The van der Waals surface area contributed by atoms with E-state index in [0.717, 1.165) is 18.4 Å². The van der Waals surface area contributed by atoms with Crippen molar-refractivity contribution >= 4 is 5.91 Å². The van der Waals surface area contributed by atoms with Gasteiger partial charge in [-0.3, -0.25) is 4.79 Å². The molecular formula is C23H23N3O3. The number of hydrogen-bond donors (Lipinski definition) is 1. The number of nitrogens with one attached hydrogen (secondary N) is 1. The van der Waals surface area contributed by atoms with Gasteiger partial charge in [0.1, 0.15) is 17.4 Å². The van der Waals surface area contributed by atoms with Crippen LogP contribution in [-0.2, 0) is 6.54 Å². The fraction of sp³-hybridized carbons (Fsp3) is 0.261. The van der Waals surface area contributed by atoms with Gasteiger partial charge in [-0.25, -0.2) is 9.97 Å². The normalized spacial score (nSPS) is 13.8. The molecule has 6 heteroatoms. The van der Waals surface area contributed by atoms with Crippen molar-refractivity contribution in [1.29, 1.82) is 0 Å². The molecule has 0 aliphatic heterocycles. The van der Waals surface area contributed by atoms with Crippen LogP contribution in [0.25, 0.3) is 0 Å². The molecule has 1 amide bonds. The standard InChI is InChI=1S/C23H23N3O3/c27-22(20-11-6-14-24-23(20)29-19-7-2-1-3-8-19)26-16-17-12-13-21(25-15-17)28-18-9-4-5-10-18/h1-3,6-8,11-15,18H,4-5,9-10,16H2,(H,26,27). The smallest absolute Gasteiger partial charge is 0.257 e. The largest absolute Gasteiger partial charge is 0.474 e. The Morgan fingerprint density at radius 2 is 1.83 bits per heavy atom. The lowest BCUT2D eigenvalue weighted by Crippen LogP contribution is -2.23. The monoisotopic (exact) mass is 389 g/mol. The third-order valence-electron chi connectivity index (χ3n) is 4.81. The number of para-hydroxylation sites is 1. The molecule has 0 saturated heterocycles. The molecule has 1 saturated carbocycles. The zero-order chi connectivity index (χ0) is 19.9. The first kappa shape index (κ1) is 18.9. The third-order valence-corrected chi connectivity index (χ3v) is 4.81. The number of carbonyl (C=O) groups is 1. The maximum Gasteiger partial charge on any atom is 0.257 e. The predicted octanol–water partition coefficient (Wildman–Crippen LogP) is 4.52. The Balaban J connectivity index is 1.36. The fourth-order valence-electron chi connectivity index (χ4n) is 3.28. The molecule has 0 bridgehead atoms. The van der Waals surface area contributed by atoms with E-state index in [4.69, 9.17) is 9.47 Å². The van der Waals surface area contributed by atoms with Crippen molar-refractivity contribution in [3.63, 3.8) is 0 Å². The number of rotatable bonds is 7. The quantitative estimate of drug-likeness (QED) is 0.643. The van der Waals surface area contributed by atoms with Crippen LogP contribution in [0.4, 0.5) is 0 Å². The average Bonchev–Trinajstić information content (AvgIpc) is 3.27. The van der Waals surface area contributed by atoms with Crippen LogP contribution in [0.3, 0.4) is 0 Å². The third kappa shape index (κ3) is 5.10. The number of ether oxygens (including phenoxy) is 2. The van der Waals surface area contributed by atoms with Crippen molar-refractivity contribution in [1.82, 2.24) is 15.3 Å². The zero-order valence-corrected chi connectivity index (χ0v) is 16.1. The Morgan fingerprint density at radius 3 is 2.59 bits per heavy atom. The van der Waals surface area contributed by atoms with Crippen LogP contribution in [-0.4, -0.2) is 22.0 Å². The van der Waals surface area contributed by atoms with E-state index in [1.165, 1.54) is 12.8 Å². The number of hydrogen-bond acceptors (Lipinski definition) is 5. The van der Waals surface area contributed by atoms with Gasteiger partial charge in [0.25, 0.3) is 5.91 Å². The van der Waals surface area contributed by atoms with Crippen molar-refractivity contribution in [2.45, 2.75) is 38.3 Å². The first-order chi connectivity index (χ1) is 14.3. The lowest BCUT2D eigenvalue weighted by molar-refractivity contribution is 0.0948. The maximum atomic E-state index is 12.6. The molecule has 0 spiro atoms. The molecule has 0 unspecified atom stereocenters. The highest BCUT2D eigenvalue weighted by Gasteiger charge is 2.17. The van der Waals surface area contributed by atoms with Gasteiger partial charge in [0.2, 0.25) is 11.8 Å². The molecule has 2 aromatic heterocycles. The highest BCUT2D eigenvalue weighted by molar-refractivity contribution is 5.96. The molecule has 2 heterocycles. The van der Waals surface area contributed by atoms with E-state index < -0.39 is 0 Å². The fourth-order valence-corrected chi connectivity index (χ4v) is 3.28. The summed E-state index contributed by atoms with van der Waals surface area (Å²) < 4.78 is 11.6. The molecule has 1 fully saturated rings. The van der Waals surface area contributed by atoms with Crippen LogP contribution >= 0.6 is 0 Å². The van der Waals surface area contributed by atoms with Gasteiger partial charge in [-0.05, 0) is 55.5 Å². The number of nitrogens with zero attached hydrogens (tertiary/aromatic N) is 2. The lowest BCUT2D eigenvalue weighted by Gasteiger charge is -2.12. The first-order valence-electron chi connectivity index (χ1n) is 9.85. The van der Waals surface area contributed by atoms with Gasteiger partial charge in [0, 0.05) is 25.0 Å². The Kier molecular flexibility index (Phi) is 6.00. The van der Waals surface area contributed by atoms with Gasteiger partial charge >= 0.3 is 0 Å². The van der Waals surface area contributed by atoms with Crippen LogP contribution in [0.15, 0.2) is 67.0 Å². The second-order valence-corrected chi connectivity index (χ2v) is 6.98. The van der Waals surface area contributed by atoms with Crippen molar-refractivity contribution in [3.8, 4) is 17.5 Å². The van der Waals surface area contributed by atoms with Crippen LogP contribution in [0.1, 0.15) is 41.6 Å². The molecule has 1 aliphatic carbocycles. The number of carbonyl (C=O) groups excluding carboxylic acids is 1. The van der Waals surface area contributed by atoms with Crippen LogP contribution in [0, 0.1) is 0 Å². The molecule has 148 valence electrons. The van der Waals surface area contributed by atoms with E-state index in [1.54, 1.807) is 24.5 Å². The summed E-state index contributed by atoms with van der Waals surface area (Å²) in [7, 11) is 0. The number of aromatic nitrogens is 2. The molecule has 29 heavy (non-hydrogen) atoms. The van der Waals surface area contributed by atoms with E-state index in [1.807, 2.05) is 42.5 Å². The SMILES string of the molecule is O=C(NCc1ccc(OC2CCCC2)nc1)c1cccnc1Oc1ccccc1. The van der Waals surface area contributed by atoms with Crippen molar-refractivity contribution in [2.75, 3.05) is 0 Å². The minimum absolute atomic E-state index is 0.254. The Labute approximate surface area is 169 Å². The van der Waals surface area contributed by atoms with Gasteiger partial charge in [0.05, 0.1) is 0 Å². The first-order valence-corrected chi connectivity index (χ1v) is 9.85. The van der Waals surface area contributed by atoms with Crippen LogP contribution in [0.2, 0.25) is 0 Å². The van der Waals surface area contributed by atoms with Gasteiger partial charge in [0.15, 0.2) is 0 Å². The zero-order valence-electron chi connectivity index (χ0n) is 16.1. The molecule has 6 nitrogen and oxygen atoms in total. The summed E-state index contributed by atoms with van der Waals surface area (Å²) in [6, 6.07) is 16.4. The lowest BCUT2D eigenvalue weighted by atomic mass is 10.2. The molecule has 4 rings (SSSR count). The summed E-state index contributed by atoms with van der Waals surface area (Å²) in [6.07, 6.45) is 8.24. The summed E-state index contributed by atoms with van der Waals surface area (Å²) in [5.74, 6) is 1.28. The Hall–Kier alpha value is -3.41. The molecule has 3 aromatic rings. The van der Waals surface area contributed by atoms with Gasteiger partial charge in [-0.2, -0.15) is 0 Å². The topological polar surface area (TPSA) is 73.3 Å². The second-order valence-electron chi connectivity index (χ2n) is 6.98. The second kappa shape index (κ2) is 9.19. The molecule has 0 radical (unpaired) electrons. The van der Waals surface area contributed by atoms with Gasteiger partial charge < -0.3 is 14.8 Å². The van der Waals surface area contributed by atoms with Gasteiger partial charge in [-0.15, -0.1) is 0 Å². The minimum atomic E-state index is -0.254. The Morgan fingerprint density at radius 1 is 1.00 bits per heavy atom. The highest BCUT2D eigenvalue weighted by Crippen LogP contribution is 2.24. The van der Waals surface area contributed by atoms with Crippen LogP contribution in [0.5, 0.6) is 17.5 Å². The minimum Gasteiger partial charge on any atom is -0.474 e. The van der Waals surface area contributed by atoms with E-state index in [-0.39, 0.29) is 17.9 Å². The summed E-state index contributed by atoms with van der Waals surface area (Å²) in [5, 5.41) is 2.89. The number of benzene rings is 1. The average molecular weight is 389 g/mol. The van der Waals surface area contributed by atoms with E-state index in [2.05, 4.69) is 15.3 Å². The van der Waals surface area contributed by atoms with E-state index >= 15 is 0 Å². The number of pyridine rings is 2. The van der Waals surface area contributed by atoms with Crippen molar-refractivity contribution in [3.05, 3.63) is 78.1 Å². The summed E-state index contributed by atoms with van der Waals surface area (Å²) >= 11 is 0. The van der Waals surface area contributed by atoms with Crippen molar-refractivity contribution < 1.29 is 14.3 Å².